The normalized spacial score (nSPS) is 22.3. The largest absolute Gasteiger partial charge is 0.448 e. The summed E-state index contributed by atoms with van der Waals surface area (Å²) in [5, 5.41) is 3.35. The summed E-state index contributed by atoms with van der Waals surface area (Å²) < 4.78 is 5.85. The molecule has 1 amide bonds. The molecule has 4 nitrogen and oxygen atoms in total. The van der Waals surface area contributed by atoms with Crippen LogP contribution in [0.3, 0.4) is 0 Å². The molecule has 1 fully saturated rings. The molecule has 98 valence electrons. The number of hydrogen-bond acceptors (Lipinski definition) is 3. The van der Waals surface area contributed by atoms with Crippen LogP contribution in [-0.4, -0.2) is 25.3 Å². The Morgan fingerprint density at radius 1 is 1.44 bits per heavy atom. The molecule has 1 aliphatic carbocycles. The van der Waals surface area contributed by atoms with E-state index in [0.717, 1.165) is 12.8 Å². The predicted octanol–water partition coefficient (Wildman–Crippen LogP) is 2.38. The quantitative estimate of drug-likeness (QED) is 0.820. The molecule has 0 spiro atoms. The summed E-state index contributed by atoms with van der Waals surface area (Å²) in [6, 6.07) is 8.86. The van der Waals surface area contributed by atoms with Crippen molar-refractivity contribution < 1.29 is 9.53 Å². The van der Waals surface area contributed by atoms with Crippen molar-refractivity contribution in [1.82, 2.24) is 5.32 Å². The zero-order valence-electron chi connectivity index (χ0n) is 10.1. The van der Waals surface area contributed by atoms with Crippen molar-refractivity contribution in [3.8, 4) is 0 Å². The van der Waals surface area contributed by atoms with Crippen molar-refractivity contribution in [1.29, 1.82) is 0 Å². The summed E-state index contributed by atoms with van der Waals surface area (Å²) in [5.41, 5.74) is 6.26. The Bertz CT molecular complexity index is 419. The van der Waals surface area contributed by atoms with Gasteiger partial charge in [0.1, 0.15) is 6.61 Å². The summed E-state index contributed by atoms with van der Waals surface area (Å²) in [6.45, 7) is 1.00. The van der Waals surface area contributed by atoms with E-state index in [2.05, 4.69) is 44.2 Å². The number of carbonyl (C=O) groups excluding carboxylic acids is 1. The number of rotatable bonds is 5. The topological polar surface area (TPSA) is 64.4 Å². The summed E-state index contributed by atoms with van der Waals surface area (Å²) >= 11 is 3.58. The van der Waals surface area contributed by atoms with Crippen molar-refractivity contribution in [2.75, 3.05) is 13.2 Å². The van der Waals surface area contributed by atoms with Crippen LogP contribution in [-0.2, 0) is 4.74 Å². The fourth-order valence-electron chi connectivity index (χ4n) is 2.26. The highest BCUT2D eigenvalue weighted by Crippen LogP contribution is 2.39. The molecule has 0 unspecified atom stereocenters. The van der Waals surface area contributed by atoms with Gasteiger partial charge in [0.25, 0.3) is 0 Å². The van der Waals surface area contributed by atoms with Crippen LogP contribution < -0.4 is 11.1 Å². The van der Waals surface area contributed by atoms with E-state index < -0.39 is 6.09 Å². The Balaban J connectivity index is 1.68. The van der Waals surface area contributed by atoms with Crippen LogP contribution in [0.2, 0.25) is 0 Å². The lowest BCUT2D eigenvalue weighted by Crippen LogP contribution is -2.41. The molecule has 2 rings (SSSR count). The van der Waals surface area contributed by atoms with Crippen molar-refractivity contribution in [3.63, 3.8) is 0 Å². The molecule has 0 saturated heterocycles. The Labute approximate surface area is 115 Å². The Morgan fingerprint density at radius 2 is 2.17 bits per heavy atom. The second-order valence-corrected chi connectivity index (χ2v) is 5.36. The highest BCUT2D eigenvalue weighted by molar-refractivity contribution is 9.10. The molecule has 1 aliphatic rings. The van der Waals surface area contributed by atoms with Gasteiger partial charge in [0.2, 0.25) is 0 Å². The third-order valence-electron chi connectivity index (χ3n) is 3.26. The van der Waals surface area contributed by atoms with Crippen molar-refractivity contribution in [3.05, 3.63) is 34.3 Å². The standard InChI is InChI=1S/C13H17BrN2O2/c14-12-4-2-1-3-11(12)9-7-10(8-9)16-5-6-18-13(15)17/h1-4,9-10,16H,5-8H2,(H2,15,17). The van der Waals surface area contributed by atoms with E-state index in [9.17, 15) is 4.79 Å². The number of nitrogens with one attached hydrogen (secondary N) is 1. The minimum Gasteiger partial charge on any atom is -0.448 e. The van der Waals surface area contributed by atoms with E-state index in [1.54, 1.807) is 0 Å². The molecule has 0 bridgehead atoms. The second kappa shape index (κ2) is 6.20. The summed E-state index contributed by atoms with van der Waals surface area (Å²) in [6.07, 6.45) is 1.54. The van der Waals surface area contributed by atoms with Crippen LogP contribution in [0.1, 0.15) is 24.3 Å². The Kier molecular flexibility index (Phi) is 4.60. The fraction of sp³-hybridized carbons (Fsp3) is 0.462. The van der Waals surface area contributed by atoms with Gasteiger partial charge >= 0.3 is 6.09 Å². The first-order chi connectivity index (χ1) is 8.66. The van der Waals surface area contributed by atoms with Gasteiger partial charge in [0, 0.05) is 17.1 Å². The van der Waals surface area contributed by atoms with Crippen LogP contribution in [0.5, 0.6) is 0 Å². The molecule has 5 heteroatoms. The molecule has 1 aromatic rings. The predicted molar refractivity (Wildman–Crippen MR) is 73.4 cm³/mol. The monoisotopic (exact) mass is 312 g/mol. The number of nitrogens with two attached hydrogens (primary N) is 1. The number of benzene rings is 1. The highest BCUT2D eigenvalue weighted by Gasteiger charge is 2.30. The first kappa shape index (κ1) is 13.4. The molecule has 0 radical (unpaired) electrons. The third kappa shape index (κ3) is 3.46. The van der Waals surface area contributed by atoms with Gasteiger partial charge in [0.15, 0.2) is 0 Å². The van der Waals surface area contributed by atoms with E-state index in [-0.39, 0.29) is 0 Å². The smallest absolute Gasteiger partial charge is 0.404 e. The molecule has 3 N–H and O–H groups in total. The van der Waals surface area contributed by atoms with Gasteiger partial charge in [0.05, 0.1) is 0 Å². The maximum atomic E-state index is 10.4. The van der Waals surface area contributed by atoms with Crippen LogP contribution >= 0.6 is 15.9 Å². The lowest BCUT2D eigenvalue weighted by Gasteiger charge is -2.36. The van der Waals surface area contributed by atoms with Crippen molar-refractivity contribution in [2.24, 2.45) is 5.73 Å². The number of amides is 1. The van der Waals surface area contributed by atoms with Crippen LogP contribution in [0.25, 0.3) is 0 Å². The maximum absolute atomic E-state index is 10.4. The summed E-state index contributed by atoms with van der Waals surface area (Å²) in [5.74, 6) is 0.620. The van der Waals surface area contributed by atoms with Crippen LogP contribution in [0, 0.1) is 0 Å². The van der Waals surface area contributed by atoms with Gasteiger partial charge < -0.3 is 15.8 Å². The Hall–Kier alpha value is -1.07. The van der Waals surface area contributed by atoms with E-state index >= 15 is 0 Å². The molecule has 0 heterocycles. The van der Waals surface area contributed by atoms with E-state index in [1.807, 2.05) is 6.07 Å². The van der Waals surface area contributed by atoms with Gasteiger partial charge in [-0.15, -0.1) is 0 Å². The molecule has 1 aromatic carbocycles. The molecule has 18 heavy (non-hydrogen) atoms. The first-order valence-corrected chi connectivity index (χ1v) is 6.86. The molecule has 0 aliphatic heterocycles. The number of halogens is 1. The minimum atomic E-state index is -0.712. The second-order valence-electron chi connectivity index (χ2n) is 4.51. The average molecular weight is 313 g/mol. The summed E-state index contributed by atoms with van der Waals surface area (Å²) in [7, 11) is 0. The SMILES string of the molecule is NC(=O)OCCNC1CC(c2ccccc2Br)C1. The van der Waals surface area contributed by atoms with Gasteiger partial charge in [-0.1, -0.05) is 34.1 Å². The summed E-state index contributed by atoms with van der Waals surface area (Å²) in [4.78, 5) is 10.4. The highest BCUT2D eigenvalue weighted by atomic mass is 79.9. The number of ether oxygens (including phenoxy) is 1. The molecular weight excluding hydrogens is 296 g/mol. The number of primary amides is 1. The number of carbonyl (C=O) groups is 1. The first-order valence-electron chi connectivity index (χ1n) is 6.07. The fourth-order valence-corrected chi connectivity index (χ4v) is 2.87. The van der Waals surface area contributed by atoms with Crippen molar-refractivity contribution >= 4 is 22.0 Å². The van der Waals surface area contributed by atoms with Gasteiger partial charge in [-0.3, -0.25) is 0 Å². The number of hydrogen-bond donors (Lipinski definition) is 2. The van der Waals surface area contributed by atoms with Gasteiger partial charge in [-0.2, -0.15) is 0 Å². The molecule has 0 atom stereocenters. The zero-order valence-corrected chi connectivity index (χ0v) is 11.7. The molecule has 1 saturated carbocycles. The zero-order chi connectivity index (χ0) is 13.0. The lowest BCUT2D eigenvalue weighted by atomic mass is 9.76. The van der Waals surface area contributed by atoms with Crippen LogP contribution in [0.15, 0.2) is 28.7 Å². The lowest BCUT2D eigenvalue weighted by molar-refractivity contribution is 0.152. The van der Waals surface area contributed by atoms with E-state index in [1.165, 1.54) is 10.0 Å². The Morgan fingerprint density at radius 3 is 2.83 bits per heavy atom. The average Bonchev–Trinajstić information content (AvgIpc) is 2.28. The van der Waals surface area contributed by atoms with Gasteiger partial charge in [-0.25, -0.2) is 4.79 Å². The maximum Gasteiger partial charge on any atom is 0.404 e. The molecular formula is C13H17BrN2O2. The van der Waals surface area contributed by atoms with Crippen molar-refractivity contribution in [2.45, 2.75) is 24.8 Å². The molecule has 0 aromatic heterocycles. The van der Waals surface area contributed by atoms with E-state index in [0.29, 0.717) is 25.1 Å². The minimum absolute atomic E-state index is 0.339. The van der Waals surface area contributed by atoms with E-state index in [4.69, 9.17) is 5.73 Å². The third-order valence-corrected chi connectivity index (χ3v) is 3.98. The van der Waals surface area contributed by atoms with Gasteiger partial charge in [-0.05, 0) is 30.4 Å². The van der Waals surface area contributed by atoms with Crippen LogP contribution in [0.4, 0.5) is 4.79 Å².